The van der Waals surface area contributed by atoms with Crippen LogP contribution in [0, 0.1) is 0 Å². The Hall–Kier alpha value is -4.82. The number of hydrogen-bond acceptors (Lipinski definition) is 2. The average Bonchev–Trinajstić information content (AvgIpc) is 2.98. The molecule has 0 aliphatic heterocycles. The van der Waals surface area contributed by atoms with Crippen molar-refractivity contribution < 1.29 is 9.47 Å². The van der Waals surface area contributed by atoms with E-state index in [4.69, 9.17) is 9.47 Å². The zero-order chi connectivity index (χ0) is 25.6. The molecular weight excluding hydrogens is 464 g/mol. The monoisotopic (exact) mass is 490 g/mol. The zero-order valence-corrected chi connectivity index (χ0v) is 21.4. The van der Waals surface area contributed by atoms with Gasteiger partial charge in [0.2, 0.25) is 0 Å². The van der Waals surface area contributed by atoms with Crippen LogP contribution in [0.1, 0.15) is 0 Å². The summed E-state index contributed by atoms with van der Waals surface area (Å²) in [6.07, 6.45) is 0. The summed E-state index contributed by atoms with van der Waals surface area (Å²) in [4.78, 5) is 0. The number of rotatable bonds is 4. The van der Waals surface area contributed by atoms with Crippen LogP contribution in [0.5, 0.6) is 11.5 Å². The second-order valence-corrected chi connectivity index (χ2v) is 9.70. The molecule has 0 atom stereocenters. The minimum atomic E-state index is 0.844. The van der Waals surface area contributed by atoms with Gasteiger partial charge < -0.3 is 9.47 Å². The van der Waals surface area contributed by atoms with Gasteiger partial charge in [-0.25, -0.2) is 0 Å². The molecular formula is C36H26O2. The van der Waals surface area contributed by atoms with Crippen LogP contribution in [-0.4, -0.2) is 14.2 Å². The summed E-state index contributed by atoms with van der Waals surface area (Å²) in [5.41, 5.74) is 4.77. The molecule has 182 valence electrons. The normalized spacial score (nSPS) is 11.4. The summed E-state index contributed by atoms with van der Waals surface area (Å²) in [7, 11) is 3.46. The van der Waals surface area contributed by atoms with Crippen LogP contribution in [0.15, 0.2) is 121 Å². The molecule has 0 amide bonds. The van der Waals surface area contributed by atoms with Crippen molar-refractivity contribution >= 4 is 43.1 Å². The maximum absolute atomic E-state index is 5.72. The predicted molar refractivity (Wildman–Crippen MR) is 160 cm³/mol. The highest BCUT2D eigenvalue weighted by Gasteiger charge is 2.18. The van der Waals surface area contributed by atoms with Crippen molar-refractivity contribution in [2.45, 2.75) is 0 Å². The topological polar surface area (TPSA) is 18.5 Å². The molecule has 0 bridgehead atoms. The molecule has 0 spiro atoms. The zero-order valence-electron chi connectivity index (χ0n) is 21.4. The number of benzene rings is 7. The van der Waals surface area contributed by atoms with Crippen molar-refractivity contribution in [1.29, 1.82) is 0 Å². The molecule has 0 unspecified atom stereocenters. The number of hydrogen-bond donors (Lipinski definition) is 0. The van der Waals surface area contributed by atoms with Crippen molar-refractivity contribution in [3.8, 4) is 33.8 Å². The van der Waals surface area contributed by atoms with Gasteiger partial charge in [-0.3, -0.25) is 0 Å². The Morgan fingerprint density at radius 2 is 0.789 bits per heavy atom. The fraction of sp³-hybridized carbons (Fsp3) is 0.0556. The van der Waals surface area contributed by atoms with Crippen molar-refractivity contribution in [1.82, 2.24) is 0 Å². The van der Waals surface area contributed by atoms with Crippen molar-refractivity contribution in [3.05, 3.63) is 121 Å². The van der Waals surface area contributed by atoms with E-state index in [-0.39, 0.29) is 0 Å². The molecule has 0 radical (unpaired) electrons. The van der Waals surface area contributed by atoms with Crippen molar-refractivity contribution in [3.63, 3.8) is 0 Å². The Labute approximate surface area is 221 Å². The molecule has 0 saturated carbocycles. The molecule has 0 aliphatic rings. The molecule has 0 N–H and O–H groups in total. The van der Waals surface area contributed by atoms with Crippen LogP contribution in [0.4, 0.5) is 0 Å². The predicted octanol–water partition coefficient (Wildman–Crippen LogP) is 9.65. The van der Waals surface area contributed by atoms with E-state index in [1.54, 1.807) is 14.2 Å². The first-order valence-electron chi connectivity index (χ1n) is 12.8. The Morgan fingerprint density at radius 3 is 1.21 bits per heavy atom. The second kappa shape index (κ2) is 8.93. The third-order valence-corrected chi connectivity index (χ3v) is 7.61. The maximum atomic E-state index is 5.72. The van der Waals surface area contributed by atoms with Gasteiger partial charge in [-0.1, -0.05) is 84.9 Å². The smallest absolute Gasteiger partial charge is 0.119 e. The molecule has 7 aromatic carbocycles. The van der Waals surface area contributed by atoms with Crippen LogP contribution in [-0.2, 0) is 0 Å². The molecule has 38 heavy (non-hydrogen) atoms. The lowest BCUT2D eigenvalue weighted by Crippen LogP contribution is -1.93. The second-order valence-electron chi connectivity index (χ2n) is 9.70. The fourth-order valence-corrected chi connectivity index (χ4v) is 5.75. The molecule has 0 aromatic heterocycles. The summed E-state index contributed by atoms with van der Waals surface area (Å²) >= 11 is 0. The molecule has 0 saturated heterocycles. The summed E-state index contributed by atoms with van der Waals surface area (Å²) < 4.78 is 11.4. The highest BCUT2D eigenvalue weighted by Crippen LogP contribution is 2.46. The van der Waals surface area contributed by atoms with Gasteiger partial charge >= 0.3 is 0 Å². The van der Waals surface area contributed by atoms with E-state index >= 15 is 0 Å². The number of fused-ring (bicyclic) bond motifs is 4. The van der Waals surface area contributed by atoms with Crippen molar-refractivity contribution in [2.24, 2.45) is 0 Å². The summed E-state index contributed by atoms with van der Waals surface area (Å²) in [5.74, 6) is 1.69. The van der Waals surface area contributed by atoms with Crippen LogP contribution < -0.4 is 9.47 Å². The Morgan fingerprint density at radius 1 is 0.368 bits per heavy atom. The minimum absolute atomic E-state index is 0.844. The molecule has 2 nitrogen and oxygen atoms in total. The maximum Gasteiger partial charge on any atom is 0.119 e. The molecule has 0 fully saturated rings. The molecule has 2 heteroatoms. The van der Waals surface area contributed by atoms with Gasteiger partial charge in [0, 0.05) is 0 Å². The van der Waals surface area contributed by atoms with E-state index in [0.29, 0.717) is 0 Å². The fourth-order valence-electron chi connectivity index (χ4n) is 5.75. The van der Waals surface area contributed by atoms with Gasteiger partial charge in [0.05, 0.1) is 14.2 Å². The highest BCUT2D eigenvalue weighted by atomic mass is 16.5. The first-order chi connectivity index (χ1) is 18.7. The van der Waals surface area contributed by atoms with Crippen LogP contribution >= 0.6 is 0 Å². The molecule has 7 aromatic rings. The van der Waals surface area contributed by atoms with E-state index in [9.17, 15) is 0 Å². The molecule has 0 heterocycles. The quantitative estimate of drug-likeness (QED) is 0.229. The largest absolute Gasteiger partial charge is 0.497 e. The highest BCUT2D eigenvalue weighted by molar-refractivity contribution is 6.22. The van der Waals surface area contributed by atoms with Crippen LogP contribution in [0.2, 0.25) is 0 Å². The Balaban J connectivity index is 1.65. The third-order valence-electron chi connectivity index (χ3n) is 7.61. The lowest BCUT2D eigenvalue weighted by molar-refractivity contribution is 0.415. The molecule has 7 rings (SSSR count). The van der Waals surface area contributed by atoms with E-state index in [1.165, 1.54) is 65.3 Å². The van der Waals surface area contributed by atoms with Crippen LogP contribution in [0.25, 0.3) is 65.3 Å². The number of ether oxygens (including phenoxy) is 2. The molecule has 0 aliphatic carbocycles. The van der Waals surface area contributed by atoms with Gasteiger partial charge in [0.25, 0.3) is 0 Å². The lowest BCUT2D eigenvalue weighted by Gasteiger charge is -2.19. The van der Waals surface area contributed by atoms with E-state index in [2.05, 4.69) is 121 Å². The Bertz CT molecular complexity index is 1850. The van der Waals surface area contributed by atoms with Gasteiger partial charge in [-0.05, 0) is 102 Å². The summed E-state index contributed by atoms with van der Waals surface area (Å²) in [6.45, 7) is 0. The standard InChI is InChI=1S/C36H26O2/c1-37-29-15-17-31-33(21-29)35(27-13-11-23-7-3-5-9-25(23)19-27)32-18-16-30(38-2)22-34(32)36(31)28-14-12-24-8-4-6-10-26(24)20-28/h3-22H,1-2H3. The minimum Gasteiger partial charge on any atom is -0.497 e. The lowest BCUT2D eigenvalue weighted by atomic mass is 9.85. The van der Waals surface area contributed by atoms with E-state index in [1.807, 2.05) is 0 Å². The Kier molecular flexibility index (Phi) is 5.26. The summed E-state index contributed by atoms with van der Waals surface area (Å²) in [5, 5.41) is 9.62. The number of methoxy groups -OCH3 is 2. The first-order valence-corrected chi connectivity index (χ1v) is 12.8. The SMILES string of the molecule is COc1ccc2c(-c3ccc4ccccc4c3)c3cc(OC)ccc3c(-c3ccc4ccccc4c3)c2c1. The van der Waals surface area contributed by atoms with Gasteiger partial charge in [-0.2, -0.15) is 0 Å². The van der Waals surface area contributed by atoms with Gasteiger partial charge in [-0.15, -0.1) is 0 Å². The van der Waals surface area contributed by atoms with E-state index in [0.717, 1.165) is 11.5 Å². The van der Waals surface area contributed by atoms with Crippen molar-refractivity contribution in [2.75, 3.05) is 14.2 Å². The third kappa shape index (κ3) is 3.57. The summed E-state index contributed by atoms with van der Waals surface area (Å²) in [6, 6.07) is 43.4. The average molecular weight is 491 g/mol. The first kappa shape index (κ1) is 22.4. The van der Waals surface area contributed by atoms with Gasteiger partial charge in [0.15, 0.2) is 0 Å². The van der Waals surface area contributed by atoms with E-state index < -0.39 is 0 Å². The van der Waals surface area contributed by atoms with Gasteiger partial charge in [0.1, 0.15) is 11.5 Å². The van der Waals surface area contributed by atoms with Crippen LogP contribution in [0.3, 0.4) is 0 Å².